The van der Waals surface area contributed by atoms with Crippen LogP contribution in [0.4, 0.5) is 17.1 Å². The van der Waals surface area contributed by atoms with Crippen molar-refractivity contribution in [2.75, 3.05) is 9.96 Å². The van der Waals surface area contributed by atoms with E-state index in [0.29, 0.717) is 16.9 Å². The largest absolute Gasteiger partial charge is 0.274 e. The first-order valence-electron chi connectivity index (χ1n) is 10.6. The van der Waals surface area contributed by atoms with Gasteiger partial charge in [0, 0.05) is 6.07 Å². The molecule has 8 nitrogen and oxygen atoms in total. The Morgan fingerprint density at radius 3 is 2.30 bits per heavy atom. The highest BCUT2D eigenvalue weighted by Crippen LogP contribution is 2.49. The molecule has 2 heterocycles. The minimum atomic E-state index is -1.08. The predicted molar refractivity (Wildman–Crippen MR) is 122 cm³/mol. The Morgan fingerprint density at radius 1 is 0.909 bits per heavy atom. The number of imide groups is 1. The molecule has 2 fully saturated rings. The van der Waals surface area contributed by atoms with Gasteiger partial charge in [0.05, 0.1) is 21.9 Å². The second kappa shape index (κ2) is 7.83. The third-order valence-corrected chi connectivity index (χ3v) is 6.17. The number of rotatable bonds is 4. The number of anilines is 2. The summed E-state index contributed by atoms with van der Waals surface area (Å²) in [6.07, 6.45) is -1.08. The van der Waals surface area contributed by atoms with Gasteiger partial charge in [-0.3, -0.25) is 24.5 Å². The molecular formula is C25H21N3O5. The van der Waals surface area contributed by atoms with Crippen molar-refractivity contribution in [2.45, 2.75) is 26.0 Å². The minimum absolute atomic E-state index is 0.127. The highest BCUT2D eigenvalue weighted by atomic mass is 16.7. The number of nitro benzene ring substituents is 1. The van der Waals surface area contributed by atoms with Crippen molar-refractivity contribution in [3.05, 3.63) is 99.6 Å². The molecule has 5 rings (SSSR count). The number of hydroxylamine groups is 1. The van der Waals surface area contributed by atoms with Crippen LogP contribution in [0.1, 0.15) is 22.7 Å². The maximum Gasteiger partial charge on any atom is 0.274 e. The van der Waals surface area contributed by atoms with Crippen molar-refractivity contribution in [2.24, 2.45) is 5.92 Å². The topological polar surface area (TPSA) is 93.0 Å². The van der Waals surface area contributed by atoms with Gasteiger partial charge in [-0.15, -0.1) is 0 Å². The van der Waals surface area contributed by atoms with Crippen molar-refractivity contribution < 1.29 is 19.3 Å². The number of carbonyl (C=O) groups excluding carboxylic acids is 2. The number of nitro groups is 1. The van der Waals surface area contributed by atoms with E-state index in [1.165, 1.54) is 11.1 Å². The molecule has 2 aliphatic rings. The van der Waals surface area contributed by atoms with E-state index in [4.69, 9.17) is 4.84 Å². The molecule has 166 valence electrons. The zero-order valence-corrected chi connectivity index (χ0v) is 18.0. The lowest BCUT2D eigenvalue weighted by Crippen LogP contribution is -2.37. The lowest BCUT2D eigenvalue weighted by Gasteiger charge is -2.28. The second-order valence-corrected chi connectivity index (χ2v) is 8.28. The zero-order chi connectivity index (χ0) is 23.3. The molecule has 0 bridgehead atoms. The summed E-state index contributed by atoms with van der Waals surface area (Å²) in [6.45, 7) is 3.78. The lowest BCUT2D eigenvalue weighted by atomic mass is 9.89. The number of hydrogen-bond acceptors (Lipinski definition) is 6. The maximum absolute atomic E-state index is 13.7. The van der Waals surface area contributed by atoms with E-state index >= 15 is 0 Å². The van der Waals surface area contributed by atoms with Crippen LogP contribution in [-0.4, -0.2) is 22.8 Å². The van der Waals surface area contributed by atoms with E-state index in [2.05, 4.69) is 0 Å². The Kier molecular flexibility index (Phi) is 4.94. The first kappa shape index (κ1) is 20.8. The SMILES string of the molecule is Cc1ccc(N2C(=O)C3ON(c4ccccc4)C(c4ccccc4[N+](=O)[O-])C3C2=O)c(C)c1. The number of fused-ring (bicyclic) bond motifs is 1. The van der Waals surface area contributed by atoms with Gasteiger partial charge in [0.2, 0.25) is 5.91 Å². The van der Waals surface area contributed by atoms with Crippen molar-refractivity contribution in [1.82, 2.24) is 0 Å². The number of amides is 2. The molecule has 0 aromatic heterocycles. The van der Waals surface area contributed by atoms with Crippen molar-refractivity contribution in [1.29, 1.82) is 0 Å². The van der Waals surface area contributed by atoms with Gasteiger partial charge < -0.3 is 0 Å². The molecule has 3 aromatic carbocycles. The molecule has 0 spiro atoms. The second-order valence-electron chi connectivity index (χ2n) is 8.28. The number of benzene rings is 3. The van der Waals surface area contributed by atoms with Gasteiger partial charge in [0.25, 0.3) is 11.6 Å². The average molecular weight is 443 g/mol. The number of nitrogens with zero attached hydrogens (tertiary/aromatic N) is 3. The van der Waals surface area contributed by atoms with Crippen LogP contribution < -0.4 is 9.96 Å². The maximum atomic E-state index is 13.7. The fourth-order valence-electron chi connectivity index (χ4n) is 4.73. The average Bonchev–Trinajstić information content (AvgIpc) is 3.31. The molecule has 3 unspecified atom stereocenters. The van der Waals surface area contributed by atoms with Crippen LogP contribution in [0.5, 0.6) is 0 Å². The molecule has 3 aromatic rings. The van der Waals surface area contributed by atoms with Crippen LogP contribution >= 0.6 is 0 Å². The summed E-state index contributed by atoms with van der Waals surface area (Å²) in [6, 6.07) is 19.9. The number of carbonyl (C=O) groups is 2. The molecule has 3 atom stereocenters. The summed E-state index contributed by atoms with van der Waals surface area (Å²) in [5.74, 6) is -1.84. The van der Waals surface area contributed by atoms with E-state index < -0.39 is 34.8 Å². The highest BCUT2D eigenvalue weighted by Gasteiger charge is 2.61. The molecule has 2 amide bonds. The number of para-hydroxylation sites is 2. The quantitative estimate of drug-likeness (QED) is 0.340. The molecule has 2 aliphatic heterocycles. The van der Waals surface area contributed by atoms with Crippen LogP contribution in [0.2, 0.25) is 0 Å². The van der Waals surface area contributed by atoms with Gasteiger partial charge in [0.1, 0.15) is 12.0 Å². The molecule has 0 N–H and O–H groups in total. The lowest BCUT2D eigenvalue weighted by molar-refractivity contribution is -0.385. The van der Waals surface area contributed by atoms with Gasteiger partial charge in [0.15, 0.2) is 6.10 Å². The van der Waals surface area contributed by atoms with Crippen LogP contribution in [0, 0.1) is 29.9 Å². The Hall–Kier alpha value is -4.04. The summed E-state index contributed by atoms with van der Waals surface area (Å²) >= 11 is 0. The summed E-state index contributed by atoms with van der Waals surface area (Å²) in [4.78, 5) is 45.7. The van der Waals surface area contributed by atoms with Gasteiger partial charge in [-0.1, -0.05) is 48.0 Å². The van der Waals surface area contributed by atoms with Crippen LogP contribution in [0.3, 0.4) is 0 Å². The summed E-state index contributed by atoms with van der Waals surface area (Å²) in [7, 11) is 0. The molecule has 0 saturated carbocycles. The Bertz CT molecular complexity index is 1280. The zero-order valence-electron chi connectivity index (χ0n) is 18.0. The summed E-state index contributed by atoms with van der Waals surface area (Å²) < 4.78 is 0. The monoisotopic (exact) mass is 443 g/mol. The van der Waals surface area contributed by atoms with E-state index in [1.54, 1.807) is 48.5 Å². The van der Waals surface area contributed by atoms with Gasteiger partial charge in [-0.05, 0) is 43.7 Å². The van der Waals surface area contributed by atoms with E-state index in [9.17, 15) is 19.7 Å². The Labute approximate surface area is 190 Å². The Morgan fingerprint density at radius 2 is 1.61 bits per heavy atom. The third-order valence-electron chi connectivity index (χ3n) is 6.17. The fourth-order valence-corrected chi connectivity index (χ4v) is 4.73. The summed E-state index contributed by atoms with van der Waals surface area (Å²) in [5.41, 5.74) is 3.11. The van der Waals surface area contributed by atoms with Crippen LogP contribution in [-0.2, 0) is 14.4 Å². The smallest absolute Gasteiger partial charge is 0.273 e. The first-order chi connectivity index (χ1) is 15.9. The Balaban J connectivity index is 1.64. The van der Waals surface area contributed by atoms with Crippen molar-refractivity contribution in [3.8, 4) is 0 Å². The minimum Gasteiger partial charge on any atom is -0.273 e. The van der Waals surface area contributed by atoms with E-state index in [-0.39, 0.29) is 5.69 Å². The van der Waals surface area contributed by atoms with Gasteiger partial charge in [-0.2, -0.15) is 0 Å². The number of hydrogen-bond donors (Lipinski definition) is 0. The standard InChI is InChI=1S/C25H21N3O5/c1-15-12-13-19(16(2)14-15)26-24(29)21-22(18-10-6-7-11-20(18)28(31)32)27(33-23(21)25(26)30)17-8-4-3-5-9-17/h3-14,21-23H,1-2H3. The first-order valence-corrected chi connectivity index (χ1v) is 10.6. The summed E-state index contributed by atoms with van der Waals surface area (Å²) in [5, 5.41) is 13.3. The van der Waals surface area contributed by atoms with Crippen molar-refractivity contribution in [3.63, 3.8) is 0 Å². The molecule has 0 aliphatic carbocycles. The number of aryl methyl sites for hydroxylation is 2. The highest BCUT2D eigenvalue weighted by molar-refractivity contribution is 6.24. The molecule has 33 heavy (non-hydrogen) atoms. The molecule has 2 saturated heterocycles. The van der Waals surface area contributed by atoms with Crippen LogP contribution in [0.15, 0.2) is 72.8 Å². The van der Waals surface area contributed by atoms with Gasteiger partial charge >= 0.3 is 0 Å². The molecule has 8 heteroatoms. The molecule has 0 radical (unpaired) electrons. The van der Waals surface area contributed by atoms with Crippen LogP contribution in [0.25, 0.3) is 0 Å². The van der Waals surface area contributed by atoms with Crippen molar-refractivity contribution >= 4 is 28.9 Å². The third kappa shape index (κ3) is 3.27. The predicted octanol–water partition coefficient (Wildman–Crippen LogP) is 4.26. The fraction of sp³-hybridized carbons (Fsp3) is 0.200. The van der Waals surface area contributed by atoms with Gasteiger partial charge in [-0.25, -0.2) is 9.96 Å². The normalized spacial score (nSPS) is 22.1. The molecular weight excluding hydrogens is 422 g/mol. The van der Waals surface area contributed by atoms with E-state index in [1.807, 2.05) is 32.0 Å². The van der Waals surface area contributed by atoms with E-state index in [0.717, 1.165) is 16.0 Å².